The van der Waals surface area contributed by atoms with Gasteiger partial charge in [-0.25, -0.2) is 4.98 Å². The minimum Gasteiger partial charge on any atom is -0.457 e. The number of furan rings is 1. The summed E-state index contributed by atoms with van der Waals surface area (Å²) in [6, 6.07) is 1.79. The number of imidazole rings is 1. The first-order valence-electron chi connectivity index (χ1n) is 5.20. The fourth-order valence-corrected chi connectivity index (χ4v) is 2.23. The van der Waals surface area contributed by atoms with E-state index in [1.54, 1.807) is 12.5 Å². The van der Waals surface area contributed by atoms with Crippen LogP contribution in [0.2, 0.25) is 0 Å². The van der Waals surface area contributed by atoms with Crippen molar-refractivity contribution in [1.29, 1.82) is 0 Å². The largest absolute Gasteiger partial charge is 0.457 e. The molecule has 2 rings (SSSR count). The normalized spacial score (nSPS) is 12.9. The molecule has 0 saturated heterocycles. The predicted molar refractivity (Wildman–Crippen MR) is 64.9 cm³/mol. The Morgan fingerprint density at radius 3 is 3.06 bits per heavy atom. The van der Waals surface area contributed by atoms with E-state index in [2.05, 4.69) is 32.4 Å². The Morgan fingerprint density at radius 2 is 2.44 bits per heavy atom. The van der Waals surface area contributed by atoms with E-state index in [0.29, 0.717) is 11.1 Å². The molecule has 0 amide bonds. The predicted octanol–water partition coefficient (Wildman–Crippen LogP) is 2.50. The SMILES string of the molecule is CCn1ccnc1CC(N)c1ccoc1Br. The number of nitrogens with two attached hydrogens (primary N) is 1. The van der Waals surface area contributed by atoms with Gasteiger partial charge in [0.1, 0.15) is 5.82 Å². The van der Waals surface area contributed by atoms with E-state index < -0.39 is 0 Å². The second kappa shape index (κ2) is 4.84. The maximum atomic E-state index is 6.11. The summed E-state index contributed by atoms with van der Waals surface area (Å²) in [5.41, 5.74) is 7.09. The summed E-state index contributed by atoms with van der Waals surface area (Å²) in [6.07, 6.45) is 6.10. The summed E-state index contributed by atoms with van der Waals surface area (Å²) in [4.78, 5) is 4.30. The molecule has 5 heteroatoms. The molecular formula is C11H14BrN3O. The van der Waals surface area contributed by atoms with Gasteiger partial charge in [0.15, 0.2) is 4.67 Å². The Kier molecular flexibility index (Phi) is 3.46. The van der Waals surface area contributed by atoms with Crippen LogP contribution in [0, 0.1) is 0 Å². The van der Waals surface area contributed by atoms with Crippen LogP contribution in [-0.2, 0) is 13.0 Å². The summed E-state index contributed by atoms with van der Waals surface area (Å²) in [6.45, 7) is 3.00. The lowest BCUT2D eigenvalue weighted by Crippen LogP contribution is -2.16. The smallest absolute Gasteiger partial charge is 0.173 e. The number of hydrogen-bond donors (Lipinski definition) is 1. The van der Waals surface area contributed by atoms with Crippen molar-refractivity contribution in [3.05, 3.63) is 40.8 Å². The summed E-state index contributed by atoms with van der Waals surface area (Å²) in [7, 11) is 0. The molecule has 0 aliphatic heterocycles. The van der Waals surface area contributed by atoms with Crippen LogP contribution in [-0.4, -0.2) is 9.55 Å². The first-order chi connectivity index (χ1) is 7.72. The Hall–Kier alpha value is -1.07. The van der Waals surface area contributed by atoms with Gasteiger partial charge in [0.2, 0.25) is 0 Å². The van der Waals surface area contributed by atoms with Crippen molar-refractivity contribution < 1.29 is 4.42 Å². The van der Waals surface area contributed by atoms with Crippen molar-refractivity contribution >= 4 is 15.9 Å². The van der Waals surface area contributed by atoms with Gasteiger partial charge < -0.3 is 14.7 Å². The minimum absolute atomic E-state index is 0.0965. The van der Waals surface area contributed by atoms with Crippen molar-refractivity contribution in [2.75, 3.05) is 0 Å². The molecule has 0 saturated carbocycles. The number of aryl methyl sites for hydroxylation is 1. The van der Waals surface area contributed by atoms with Crippen LogP contribution in [0.3, 0.4) is 0 Å². The molecule has 0 aromatic carbocycles. The molecule has 1 atom stereocenters. The van der Waals surface area contributed by atoms with Crippen molar-refractivity contribution in [1.82, 2.24) is 9.55 Å². The standard InChI is InChI=1S/C11H14BrN3O/c1-2-15-5-4-14-10(15)7-9(13)8-3-6-16-11(8)12/h3-6,9H,2,7,13H2,1H3. The quantitative estimate of drug-likeness (QED) is 0.938. The highest BCUT2D eigenvalue weighted by Crippen LogP contribution is 2.25. The number of hydrogen-bond acceptors (Lipinski definition) is 3. The Bertz CT molecular complexity index is 463. The van der Waals surface area contributed by atoms with E-state index in [1.165, 1.54) is 0 Å². The summed E-state index contributed by atoms with van der Waals surface area (Å²) < 4.78 is 7.97. The van der Waals surface area contributed by atoms with E-state index in [-0.39, 0.29) is 6.04 Å². The monoisotopic (exact) mass is 283 g/mol. The first-order valence-corrected chi connectivity index (χ1v) is 6.00. The molecule has 0 radical (unpaired) electrons. The number of nitrogens with zero attached hydrogens (tertiary/aromatic N) is 2. The third-order valence-electron chi connectivity index (χ3n) is 2.59. The molecule has 16 heavy (non-hydrogen) atoms. The van der Waals surface area contributed by atoms with Gasteiger partial charge in [-0.05, 0) is 28.9 Å². The molecule has 86 valence electrons. The molecule has 2 heterocycles. The maximum absolute atomic E-state index is 6.11. The maximum Gasteiger partial charge on any atom is 0.173 e. The topological polar surface area (TPSA) is 57.0 Å². The number of aromatic nitrogens is 2. The van der Waals surface area contributed by atoms with Crippen LogP contribution in [0.4, 0.5) is 0 Å². The van der Waals surface area contributed by atoms with Crippen molar-refractivity contribution in [3.8, 4) is 0 Å². The van der Waals surface area contributed by atoms with Crippen LogP contribution in [0.5, 0.6) is 0 Å². The highest BCUT2D eigenvalue weighted by molar-refractivity contribution is 9.10. The average Bonchev–Trinajstić information content (AvgIpc) is 2.86. The second-order valence-corrected chi connectivity index (χ2v) is 4.31. The van der Waals surface area contributed by atoms with Crippen LogP contribution >= 0.6 is 15.9 Å². The van der Waals surface area contributed by atoms with Gasteiger partial charge in [-0.15, -0.1) is 0 Å². The molecule has 1 unspecified atom stereocenters. The van der Waals surface area contributed by atoms with Crippen LogP contribution in [0.25, 0.3) is 0 Å². The minimum atomic E-state index is -0.0965. The lowest BCUT2D eigenvalue weighted by molar-refractivity contribution is 0.528. The molecule has 0 bridgehead atoms. The highest BCUT2D eigenvalue weighted by Gasteiger charge is 2.15. The number of halogens is 1. The number of rotatable bonds is 4. The molecule has 2 aromatic rings. The fraction of sp³-hybridized carbons (Fsp3) is 0.364. The van der Waals surface area contributed by atoms with Gasteiger partial charge in [0, 0.05) is 37.0 Å². The van der Waals surface area contributed by atoms with E-state index in [0.717, 1.165) is 17.9 Å². The van der Waals surface area contributed by atoms with Crippen molar-refractivity contribution in [3.63, 3.8) is 0 Å². The highest BCUT2D eigenvalue weighted by atomic mass is 79.9. The van der Waals surface area contributed by atoms with Gasteiger partial charge in [-0.1, -0.05) is 0 Å². The third-order valence-corrected chi connectivity index (χ3v) is 3.24. The van der Waals surface area contributed by atoms with Gasteiger partial charge in [-0.3, -0.25) is 0 Å². The third kappa shape index (κ3) is 2.20. The molecule has 0 aliphatic carbocycles. The van der Waals surface area contributed by atoms with Gasteiger partial charge >= 0.3 is 0 Å². The van der Waals surface area contributed by atoms with E-state index in [4.69, 9.17) is 10.2 Å². The average molecular weight is 284 g/mol. The Balaban J connectivity index is 2.13. The van der Waals surface area contributed by atoms with Crippen LogP contribution in [0.15, 0.2) is 33.8 Å². The van der Waals surface area contributed by atoms with E-state index in [1.807, 2.05) is 12.3 Å². The zero-order chi connectivity index (χ0) is 11.5. The summed E-state index contributed by atoms with van der Waals surface area (Å²) >= 11 is 3.33. The lowest BCUT2D eigenvalue weighted by Gasteiger charge is -2.11. The molecule has 0 aliphatic rings. The second-order valence-electron chi connectivity index (χ2n) is 3.59. The van der Waals surface area contributed by atoms with Crippen LogP contribution < -0.4 is 5.73 Å². The molecule has 0 spiro atoms. The molecular weight excluding hydrogens is 270 g/mol. The van der Waals surface area contributed by atoms with E-state index >= 15 is 0 Å². The molecule has 2 aromatic heterocycles. The van der Waals surface area contributed by atoms with Gasteiger partial charge in [-0.2, -0.15) is 0 Å². The van der Waals surface area contributed by atoms with Crippen molar-refractivity contribution in [2.24, 2.45) is 5.73 Å². The molecule has 2 N–H and O–H groups in total. The zero-order valence-electron chi connectivity index (χ0n) is 9.06. The van der Waals surface area contributed by atoms with Gasteiger partial charge in [0.05, 0.1) is 6.26 Å². The fourth-order valence-electron chi connectivity index (χ4n) is 1.69. The Morgan fingerprint density at radius 1 is 1.62 bits per heavy atom. The van der Waals surface area contributed by atoms with Crippen LogP contribution in [0.1, 0.15) is 24.4 Å². The zero-order valence-corrected chi connectivity index (χ0v) is 10.6. The van der Waals surface area contributed by atoms with Crippen molar-refractivity contribution in [2.45, 2.75) is 25.9 Å². The van der Waals surface area contributed by atoms with E-state index in [9.17, 15) is 0 Å². The summed E-state index contributed by atoms with van der Waals surface area (Å²) in [5, 5.41) is 0. The first kappa shape index (κ1) is 11.4. The summed E-state index contributed by atoms with van der Waals surface area (Å²) in [5.74, 6) is 1.00. The van der Waals surface area contributed by atoms with Gasteiger partial charge in [0.25, 0.3) is 0 Å². The lowest BCUT2D eigenvalue weighted by atomic mass is 10.1. The molecule has 0 fully saturated rings. The molecule has 4 nitrogen and oxygen atoms in total. The Labute approximate surface area is 103 Å².